The maximum Gasteiger partial charge on any atom is 0.325 e. The molecule has 0 spiro atoms. The Morgan fingerprint density at radius 3 is 2.79 bits per heavy atom. The number of benzene rings is 1. The summed E-state index contributed by atoms with van der Waals surface area (Å²) in [6, 6.07) is 7.10. The summed E-state index contributed by atoms with van der Waals surface area (Å²) >= 11 is 0. The number of carboxylic acids is 1. The lowest BCUT2D eigenvalue weighted by atomic mass is 10.0. The van der Waals surface area contributed by atoms with Crippen LogP contribution < -0.4 is 5.32 Å². The lowest BCUT2D eigenvalue weighted by molar-refractivity contribution is -0.139. The van der Waals surface area contributed by atoms with Crippen LogP contribution in [0, 0.1) is 5.92 Å². The van der Waals surface area contributed by atoms with Crippen LogP contribution in [0.2, 0.25) is 0 Å². The average Bonchev–Trinajstić information content (AvgIpc) is 2.77. The molecule has 1 atom stereocenters. The second kappa shape index (κ2) is 5.89. The van der Waals surface area contributed by atoms with Crippen LogP contribution in [0.1, 0.15) is 31.9 Å². The number of rotatable bonds is 6. The van der Waals surface area contributed by atoms with Crippen LogP contribution in [0.5, 0.6) is 0 Å². The zero-order valence-electron chi connectivity index (χ0n) is 11.3. The zero-order valence-corrected chi connectivity index (χ0v) is 11.3. The Morgan fingerprint density at radius 2 is 2.11 bits per heavy atom. The molecule has 0 bridgehead atoms. The van der Waals surface area contributed by atoms with Crippen molar-refractivity contribution >= 4 is 16.9 Å². The molecule has 2 rings (SSSR count). The second-order valence-electron chi connectivity index (χ2n) is 5.20. The summed E-state index contributed by atoms with van der Waals surface area (Å²) in [7, 11) is 0. The number of fused-ring (bicyclic) bond motifs is 1. The molecule has 1 aromatic carbocycles. The molecule has 0 saturated heterocycles. The van der Waals surface area contributed by atoms with E-state index in [1.54, 1.807) is 6.20 Å². The number of aromatic amines is 1. The van der Waals surface area contributed by atoms with Crippen molar-refractivity contribution in [3.05, 3.63) is 36.0 Å². The fourth-order valence-corrected chi connectivity index (χ4v) is 2.18. The number of nitrogens with one attached hydrogen (secondary N) is 2. The van der Waals surface area contributed by atoms with E-state index in [1.807, 2.05) is 24.3 Å². The van der Waals surface area contributed by atoms with Crippen LogP contribution in [0.25, 0.3) is 10.9 Å². The fraction of sp³-hybridized carbons (Fsp3) is 0.400. The molecule has 19 heavy (non-hydrogen) atoms. The van der Waals surface area contributed by atoms with Crippen molar-refractivity contribution in [3.8, 4) is 0 Å². The Morgan fingerprint density at radius 1 is 1.37 bits per heavy atom. The number of H-pyrrole nitrogens is 1. The summed E-state index contributed by atoms with van der Waals surface area (Å²) in [4.78, 5) is 14.6. The first kappa shape index (κ1) is 13.6. The smallest absolute Gasteiger partial charge is 0.325 e. The van der Waals surface area contributed by atoms with Gasteiger partial charge in [-0.2, -0.15) is 0 Å². The largest absolute Gasteiger partial charge is 0.480 e. The number of hydrogen-bond donors (Lipinski definition) is 3. The number of carboxylic acid groups (broad SMARTS) is 1. The highest BCUT2D eigenvalue weighted by molar-refractivity contribution is 5.89. The SMILES string of the molecule is CC(C)CCN[C@@H](C(=O)O)c1c[nH]c2ccccc12. The van der Waals surface area contributed by atoms with Crippen LogP contribution >= 0.6 is 0 Å². The minimum Gasteiger partial charge on any atom is -0.480 e. The molecule has 1 heterocycles. The average molecular weight is 260 g/mol. The summed E-state index contributed by atoms with van der Waals surface area (Å²) in [5, 5.41) is 13.5. The summed E-state index contributed by atoms with van der Waals surface area (Å²) in [6.07, 6.45) is 2.75. The highest BCUT2D eigenvalue weighted by Crippen LogP contribution is 2.24. The minimum atomic E-state index is -0.839. The Bertz CT molecular complexity index is 560. The maximum absolute atomic E-state index is 11.4. The molecule has 0 radical (unpaired) electrons. The van der Waals surface area contributed by atoms with Gasteiger partial charge in [0.25, 0.3) is 0 Å². The van der Waals surface area contributed by atoms with Crippen molar-refractivity contribution in [1.29, 1.82) is 0 Å². The highest BCUT2D eigenvalue weighted by atomic mass is 16.4. The maximum atomic E-state index is 11.4. The summed E-state index contributed by atoms with van der Waals surface area (Å²) < 4.78 is 0. The van der Waals surface area contributed by atoms with Gasteiger partial charge in [0.05, 0.1) is 0 Å². The Labute approximate surface area is 112 Å². The van der Waals surface area contributed by atoms with Gasteiger partial charge in [-0.05, 0) is 24.9 Å². The first-order valence-electron chi connectivity index (χ1n) is 6.61. The van der Waals surface area contributed by atoms with Gasteiger partial charge < -0.3 is 15.4 Å². The predicted molar refractivity (Wildman–Crippen MR) is 76.1 cm³/mol. The quantitative estimate of drug-likeness (QED) is 0.748. The number of aliphatic carboxylic acids is 1. The van der Waals surface area contributed by atoms with Crippen LogP contribution in [-0.2, 0) is 4.79 Å². The molecular weight excluding hydrogens is 240 g/mol. The molecule has 0 unspecified atom stereocenters. The van der Waals surface area contributed by atoms with Crippen molar-refractivity contribution in [1.82, 2.24) is 10.3 Å². The van der Waals surface area contributed by atoms with Gasteiger partial charge in [0, 0.05) is 22.7 Å². The molecule has 0 saturated carbocycles. The third-order valence-corrected chi connectivity index (χ3v) is 3.25. The van der Waals surface area contributed by atoms with E-state index in [-0.39, 0.29) is 0 Å². The fourth-order valence-electron chi connectivity index (χ4n) is 2.18. The van der Waals surface area contributed by atoms with Crippen molar-refractivity contribution in [2.45, 2.75) is 26.3 Å². The summed E-state index contributed by atoms with van der Waals surface area (Å²) in [5.74, 6) is -0.279. The minimum absolute atomic E-state index is 0.560. The Hall–Kier alpha value is -1.81. The normalized spacial score (nSPS) is 13.0. The standard InChI is InChI=1S/C15H20N2O2/c1-10(2)7-8-16-14(15(18)19)12-9-17-13-6-4-3-5-11(12)13/h3-6,9-10,14,16-17H,7-8H2,1-2H3,(H,18,19)/t14-/m1/s1. The molecule has 1 aromatic heterocycles. The van der Waals surface area contributed by atoms with E-state index in [4.69, 9.17) is 0 Å². The number of carbonyl (C=O) groups is 1. The van der Waals surface area contributed by atoms with Crippen molar-refractivity contribution in [2.24, 2.45) is 5.92 Å². The van der Waals surface area contributed by atoms with Gasteiger partial charge in [-0.1, -0.05) is 32.0 Å². The molecule has 2 aromatic rings. The van der Waals surface area contributed by atoms with Gasteiger partial charge in [0.15, 0.2) is 0 Å². The van der Waals surface area contributed by atoms with E-state index in [2.05, 4.69) is 24.1 Å². The lowest BCUT2D eigenvalue weighted by Crippen LogP contribution is -2.29. The van der Waals surface area contributed by atoms with Gasteiger partial charge in [-0.15, -0.1) is 0 Å². The molecule has 0 amide bonds. The van der Waals surface area contributed by atoms with Crippen molar-refractivity contribution < 1.29 is 9.90 Å². The van der Waals surface area contributed by atoms with Gasteiger partial charge in [-0.25, -0.2) is 0 Å². The molecule has 102 valence electrons. The van der Waals surface area contributed by atoms with E-state index in [0.717, 1.165) is 22.9 Å². The predicted octanol–water partition coefficient (Wildman–Crippen LogP) is 2.93. The van der Waals surface area contributed by atoms with Gasteiger partial charge in [-0.3, -0.25) is 4.79 Å². The third kappa shape index (κ3) is 3.15. The summed E-state index contributed by atoms with van der Waals surface area (Å²) in [6.45, 7) is 4.96. The van der Waals surface area contributed by atoms with Crippen molar-refractivity contribution in [3.63, 3.8) is 0 Å². The molecule has 4 heteroatoms. The number of aromatic nitrogens is 1. The first-order chi connectivity index (χ1) is 9.09. The van der Waals surface area contributed by atoms with E-state index < -0.39 is 12.0 Å². The Balaban J connectivity index is 2.21. The van der Waals surface area contributed by atoms with Crippen LogP contribution in [0.15, 0.2) is 30.5 Å². The lowest BCUT2D eigenvalue weighted by Gasteiger charge is -2.15. The van der Waals surface area contributed by atoms with Crippen LogP contribution in [0.4, 0.5) is 0 Å². The third-order valence-electron chi connectivity index (χ3n) is 3.25. The second-order valence-corrected chi connectivity index (χ2v) is 5.20. The number of hydrogen-bond acceptors (Lipinski definition) is 2. The van der Waals surface area contributed by atoms with Crippen molar-refractivity contribution in [2.75, 3.05) is 6.54 Å². The molecule has 0 aliphatic rings. The molecule has 4 nitrogen and oxygen atoms in total. The summed E-state index contributed by atoms with van der Waals surface area (Å²) in [5.41, 5.74) is 1.77. The van der Waals surface area contributed by atoms with E-state index >= 15 is 0 Å². The topological polar surface area (TPSA) is 65.1 Å². The number of para-hydroxylation sites is 1. The molecule has 0 fully saturated rings. The van der Waals surface area contributed by atoms with Gasteiger partial charge in [0.1, 0.15) is 6.04 Å². The zero-order chi connectivity index (χ0) is 13.8. The highest BCUT2D eigenvalue weighted by Gasteiger charge is 2.22. The molecular formula is C15H20N2O2. The van der Waals surface area contributed by atoms with Gasteiger partial charge >= 0.3 is 5.97 Å². The monoisotopic (exact) mass is 260 g/mol. The van der Waals surface area contributed by atoms with E-state index in [9.17, 15) is 9.90 Å². The molecule has 0 aliphatic carbocycles. The molecule has 3 N–H and O–H groups in total. The van der Waals surface area contributed by atoms with Crippen LogP contribution in [-0.4, -0.2) is 22.6 Å². The van der Waals surface area contributed by atoms with E-state index in [0.29, 0.717) is 12.5 Å². The molecule has 0 aliphatic heterocycles. The first-order valence-corrected chi connectivity index (χ1v) is 6.61. The van der Waals surface area contributed by atoms with E-state index in [1.165, 1.54) is 0 Å². The Kier molecular flexibility index (Phi) is 4.22. The van der Waals surface area contributed by atoms with Crippen LogP contribution in [0.3, 0.4) is 0 Å². The van der Waals surface area contributed by atoms with Gasteiger partial charge in [0.2, 0.25) is 0 Å².